The molecular weight excluding hydrogens is 276 g/mol. The number of amides is 1. The number of hydrogen-bond donors (Lipinski definition) is 2. The smallest absolute Gasteiger partial charge is 0.224 e. The fourth-order valence-electron chi connectivity index (χ4n) is 2.84. The number of carbonyl (C=O) groups is 1. The van der Waals surface area contributed by atoms with Gasteiger partial charge in [-0.15, -0.1) is 12.4 Å². The summed E-state index contributed by atoms with van der Waals surface area (Å²) in [7, 11) is 1.89. The summed E-state index contributed by atoms with van der Waals surface area (Å²) in [6.07, 6.45) is 8.70. The van der Waals surface area contributed by atoms with Crippen LogP contribution in [-0.4, -0.2) is 27.8 Å². The van der Waals surface area contributed by atoms with Crippen molar-refractivity contribution in [3.05, 3.63) is 18.0 Å². The molecule has 0 aromatic carbocycles. The summed E-state index contributed by atoms with van der Waals surface area (Å²) in [5, 5.41) is 7.12. The molecule has 0 saturated heterocycles. The molecule has 1 aliphatic carbocycles. The highest BCUT2D eigenvalue weighted by Gasteiger charge is 2.37. The van der Waals surface area contributed by atoms with Gasteiger partial charge in [0.2, 0.25) is 5.91 Å². The quantitative estimate of drug-likeness (QED) is 0.883. The molecule has 0 bridgehead atoms. The number of halogens is 1. The van der Waals surface area contributed by atoms with Crippen LogP contribution in [0.5, 0.6) is 0 Å². The predicted molar refractivity (Wildman–Crippen MR) is 81.7 cm³/mol. The first-order valence-corrected chi connectivity index (χ1v) is 7.03. The van der Waals surface area contributed by atoms with E-state index in [9.17, 15) is 4.79 Å². The zero-order chi connectivity index (χ0) is 13.9. The maximum absolute atomic E-state index is 12.2. The van der Waals surface area contributed by atoms with Crippen molar-refractivity contribution >= 4 is 18.3 Å². The van der Waals surface area contributed by atoms with E-state index in [1.807, 2.05) is 26.4 Å². The molecule has 20 heavy (non-hydrogen) atoms. The molecule has 3 N–H and O–H groups in total. The minimum atomic E-state index is -0.351. The second-order valence-corrected chi connectivity index (χ2v) is 5.87. The minimum absolute atomic E-state index is 0. The Kier molecular flexibility index (Phi) is 6.02. The molecule has 1 fully saturated rings. The molecule has 1 saturated carbocycles. The van der Waals surface area contributed by atoms with Gasteiger partial charge in [0, 0.05) is 25.3 Å². The van der Waals surface area contributed by atoms with E-state index in [1.165, 1.54) is 0 Å². The van der Waals surface area contributed by atoms with Gasteiger partial charge in [-0.3, -0.25) is 9.48 Å². The van der Waals surface area contributed by atoms with Gasteiger partial charge in [-0.05, 0) is 31.7 Å². The van der Waals surface area contributed by atoms with E-state index in [2.05, 4.69) is 10.4 Å². The molecule has 1 aliphatic rings. The van der Waals surface area contributed by atoms with Gasteiger partial charge >= 0.3 is 0 Å². The minimum Gasteiger partial charge on any atom is -0.355 e. The van der Waals surface area contributed by atoms with E-state index in [4.69, 9.17) is 5.73 Å². The lowest BCUT2D eigenvalue weighted by atomic mass is 9.74. The van der Waals surface area contributed by atoms with Crippen molar-refractivity contribution in [2.45, 2.75) is 44.6 Å². The van der Waals surface area contributed by atoms with E-state index < -0.39 is 0 Å². The molecule has 2 unspecified atom stereocenters. The van der Waals surface area contributed by atoms with Gasteiger partial charge in [-0.1, -0.05) is 12.8 Å². The second kappa shape index (κ2) is 7.09. The van der Waals surface area contributed by atoms with Crippen LogP contribution in [-0.2, 0) is 18.3 Å². The van der Waals surface area contributed by atoms with Gasteiger partial charge in [0.15, 0.2) is 0 Å². The van der Waals surface area contributed by atoms with Crippen LogP contribution >= 0.6 is 12.4 Å². The second-order valence-electron chi connectivity index (χ2n) is 5.87. The first-order valence-electron chi connectivity index (χ1n) is 7.03. The number of carbonyl (C=O) groups excluding carboxylic acids is 1. The van der Waals surface area contributed by atoms with Crippen molar-refractivity contribution in [1.82, 2.24) is 15.1 Å². The summed E-state index contributed by atoms with van der Waals surface area (Å²) < 4.78 is 1.77. The number of hydrogen-bond acceptors (Lipinski definition) is 3. The van der Waals surface area contributed by atoms with Crippen molar-refractivity contribution in [3.63, 3.8) is 0 Å². The summed E-state index contributed by atoms with van der Waals surface area (Å²) in [6, 6.07) is 0. The molecule has 1 aromatic rings. The largest absolute Gasteiger partial charge is 0.355 e. The van der Waals surface area contributed by atoms with Crippen molar-refractivity contribution in [3.8, 4) is 0 Å². The van der Waals surface area contributed by atoms with Crippen molar-refractivity contribution < 1.29 is 4.79 Å². The van der Waals surface area contributed by atoms with Crippen molar-refractivity contribution in [1.29, 1.82) is 0 Å². The molecule has 5 nitrogen and oxygen atoms in total. The highest BCUT2D eigenvalue weighted by Crippen LogP contribution is 2.31. The Hall–Kier alpha value is -1.07. The number of nitrogens with one attached hydrogen (secondary N) is 1. The number of aryl methyl sites for hydroxylation is 1. The zero-order valence-electron chi connectivity index (χ0n) is 12.3. The average molecular weight is 301 g/mol. The normalized spacial score (nSPS) is 25.9. The molecule has 114 valence electrons. The topological polar surface area (TPSA) is 72.9 Å². The Morgan fingerprint density at radius 2 is 2.35 bits per heavy atom. The fraction of sp³-hybridized carbons (Fsp3) is 0.714. The molecule has 2 rings (SSSR count). The number of nitrogens with zero attached hydrogens (tertiary/aromatic N) is 2. The molecule has 0 radical (unpaired) electrons. The molecule has 6 heteroatoms. The highest BCUT2D eigenvalue weighted by molar-refractivity contribution is 5.85. The molecular formula is C14H25ClN4O. The fourth-order valence-corrected chi connectivity index (χ4v) is 2.84. The number of nitrogens with two attached hydrogens (primary N) is 1. The van der Waals surface area contributed by atoms with Crippen LogP contribution in [0.1, 0.15) is 38.2 Å². The first kappa shape index (κ1) is 17.0. The first-order chi connectivity index (χ1) is 8.99. The Morgan fingerprint density at radius 1 is 1.60 bits per heavy atom. The maximum Gasteiger partial charge on any atom is 0.224 e. The van der Waals surface area contributed by atoms with Crippen molar-refractivity contribution in [2.24, 2.45) is 18.7 Å². The molecule has 0 spiro atoms. The van der Waals surface area contributed by atoms with E-state index in [0.717, 1.165) is 37.7 Å². The van der Waals surface area contributed by atoms with E-state index in [1.54, 1.807) is 4.68 Å². The van der Waals surface area contributed by atoms with Crippen molar-refractivity contribution in [2.75, 3.05) is 6.54 Å². The number of rotatable bonds is 4. The average Bonchev–Trinajstić information content (AvgIpc) is 2.74. The summed E-state index contributed by atoms with van der Waals surface area (Å²) >= 11 is 0. The van der Waals surface area contributed by atoms with Gasteiger partial charge < -0.3 is 11.1 Å². The van der Waals surface area contributed by atoms with E-state index in [0.29, 0.717) is 6.54 Å². The molecule has 1 heterocycles. The van der Waals surface area contributed by atoms with Crippen LogP contribution < -0.4 is 11.1 Å². The third-order valence-electron chi connectivity index (χ3n) is 4.04. The Balaban J connectivity index is 0.00000200. The lowest BCUT2D eigenvalue weighted by Crippen LogP contribution is -2.53. The lowest BCUT2D eigenvalue weighted by molar-refractivity contribution is -0.128. The van der Waals surface area contributed by atoms with Gasteiger partial charge in [-0.25, -0.2) is 0 Å². The van der Waals surface area contributed by atoms with Crippen LogP contribution in [0, 0.1) is 5.92 Å². The highest BCUT2D eigenvalue weighted by atomic mass is 35.5. The van der Waals surface area contributed by atoms with Gasteiger partial charge in [0.25, 0.3) is 0 Å². The van der Waals surface area contributed by atoms with E-state index in [-0.39, 0.29) is 29.8 Å². The molecule has 0 aliphatic heterocycles. The van der Waals surface area contributed by atoms with Crippen LogP contribution in [0.15, 0.2) is 12.4 Å². The molecule has 1 aromatic heterocycles. The van der Waals surface area contributed by atoms with Crippen LogP contribution in [0.3, 0.4) is 0 Å². The maximum atomic E-state index is 12.2. The van der Waals surface area contributed by atoms with Crippen LogP contribution in [0.25, 0.3) is 0 Å². The summed E-state index contributed by atoms with van der Waals surface area (Å²) in [5.41, 5.74) is 7.03. The Labute approximate surface area is 126 Å². The summed E-state index contributed by atoms with van der Waals surface area (Å²) in [6.45, 7) is 2.65. The van der Waals surface area contributed by atoms with Crippen LogP contribution in [0.4, 0.5) is 0 Å². The van der Waals surface area contributed by atoms with Gasteiger partial charge in [0.05, 0.1) is 12.1 Å². The lowest BCUT2D eigenvalue weighted by Gasteiger charge is -2.37. The Morgan fingerprint density at radius 3 is 2.95 bits per heavy atom. The SMILES string of the molecule is Cl.Cn1cc(CCNC(=O)C2CCCCC2(C)N)cn1. The van der Waals surface area contributed by atoms with E-state index >= 15 is 0 Å². The monoisotopic (exact) mass is 300 g/mol. The summed E-state index contributed by atoms with van der Waals surface area (Å²) in [4.78, 5) is 12.2. The summed E-state index contributed by atoms with van der Waals surface area (Å²) in [5.74, 6) is 0.0590. The van der Waals surface area contributed by atoms with Gasteiger partial charge in [0.1, 0.15) is 0 Å². The zero-order valence-corrected chi connectivity index (χ0v) is 13.1. The Bertz CT molecular complexity index is 444. The van der Waals surface area contributed by atoms with Crippen LogP contribution in [0.2, 0.25) is 0 Å². The number of aromatic nitrogens is 2. The predicted octanol–water partition coefficient (Wildman–Crippen LogP) is 1.41. The molecule has 2 atom stereocenters. The van der Waals surface area contributed by atoms with Gasteiger partial charge in [-0.2, -0.15) is 5.10 Å². The molecule has 1 amide bonds. The third-order valence-corrected chi connectivity index (χ3v) is 4.04. The standard InChI is InChI=1S/C14H24N4O.ClH/c1-14(15)7-4-3-5-12(14)13(19)16-8-6-11-9-17-18(2)10-11;/h9-10,12H,3-8,15H2,1-2H3,(H,16,19);1H. The third kappa shape index (κ3) is 4.21.